The van der Waals surface area contributed by atoms with Crippen LogP contribution in [0.25, 0.3) is 0 Å². The largest absolute Gasteiger partial charge is 0.396 e. The molecule has 0 aliphatic carbocycles. The molecule has 2 aromatic rings. The van der Waals surface area contributed by atoms with E-state index in [1.165, 1.54) is 5.56 Å². The summed E-state index contributed by atoms with van der Waals surface area (Å²) in [6, 6.07) is 10.5. The molecular formula is C16H23N3O2. The van der Waals surface area contributed by atoms with Gasteiger partial charge in [-0.3, -0.25) is 4.90 Å². The summed E-state index contributed by atoms with van der Waals surface area (Å²) in [6.45, 7) is 5.90. The molecule has 0 atom stereocenters. The van der Waals surface area contributed by atoms with Crippen molar-refractivity contribution in [3.63, 3.8) is 0 Å². The summed E-state index contributed by atoms with van der Waals surface area (Å²) >= 11 is 0. The molecule has 114 valence electrons. The number of aliphatic hydroxyl groups excluding tert-OH is 1. The highest BCUT2D eigenvalue weighted by Gasteiger charge is 2.14. The number of benzene rings is 1. The van der Waals surface area contributed by atoms with Crippen molar-refractivity contribution in [2.24, 2.45) is 0 Å². The third-order valence-corrected chi connectivity index (χ3v) is 3.39. The van der Waals surface area contributed by atoms with Crippen molar-refractivity contribution in [3.05, 3.63) is 47.6 Å². The highest BCUT2D eigenvalue weighted by Crippen LogP contribution is 2.10. The SMILES string of the molecule is CC(C)N(CCCO)Cc1nc(Cc2ccccc2)no1. The number of hydrogen-bond acceptors (Lipinski definition) is 5. The van der Waals surface area contributed by atoms with Crippen molar-refractivity contribution >= 4 is 0 Å². The topological polar surface area (TPSA) is 62.4 Å². The summed E-state index contributed by atoms with van der Waals surface area (Å²) in [7, 11) is 0. The Balaban J connectivity index is 1.95. The molecular weight excluding hydrogens is 266 g/mol. The van der Waals surface area contributed by atoms with Gasteiger partial charge in [0.1, 0.15) is 0 Å². The van der Waals surface area contributed by atoms with E-state index in [0.29, 0.717) is 30.7 Å². The maximum absolute atomic E-state index is 8.95. The molecule has 0 spiro atoms. The van der Waals surface area contributed by atoms with Crippen LogP contribution < -0.4 is 0 Å². The van der Waals surface area contributed by atoms with Crippen LogP contribution in [0.4, 0.5) is 0 Å². The van der Waals surface area contributed by atoms with Crippen LogP contribution in [0.2, 0.25) is 0 Å². The van der Waals surface area contributed by atoms with Gasteiger partial charge < -0.3 is 9.63 Å². The molecule has 0 aliphatic heterocycles. The zero-order chi connectivity index (χ0) is 15.1. The molecule has 0 unspecified atom stereocenters. The van der Waals surface area contributed by atoms with Gasteiger partial charge in [-0.05, 0) is 25.8 Å². The van der Waals surface area contributed by atoms with Gasteiger partial charge in [-0.1, -0.05) is 35.5 Å². The van der Waals surface area contributed by atoms with Gasteiger partial charge in [-0.15, -0.1) is 0 Å². The lowest BCUT2D eigenvalue weighted by Crippen LogP contribution is -2.31. The van der Waals surface area contributed by atoms with Crippen molar-refractivity contribution in [2.45, 2.75) is 39.3 Å². The first-order chi connectivity index (χ1) is 10.2. The predicted molar refractivity (Wildman–Crippen MR) is 80.8 cm³/mol. The Morgan fingerprint density at radius 2 is 2.00 bits per heavy atom. The number of hydrogen-bond donors (Lipinski definition) is 1. The van der Waals surface area contributed by atoms with Gasteiger partial charge in [0, 0.05) is 25.6 Å². The van der Waals surface area contributed by atoms with E-state index < -0.39 is 0 Å². The van der Waals surface area contributed by atoms with Crippen LogP contribution in [-0.4, -0.2) is 39.3 Å². The highest BCUT2D eigenvalue weighted by atomic mass is 16.5. The average molecular weight is 289 g/mol. The Kier molecular flexibility index (Phi) is 5.90. The average Bonchev–Trinajstić information content (AvgIpc) is 2.91. The monoisotopic (exact) mass is 289 g/mol. The smallest absolute Gasteiger partial charge is 0.240 e. The van der Waals surface area contributed by atoms with Crippen molar-refractivity contribution in [2.75, 3.05) is 13.2 Å². The predicted octanol–water partition coefficient (Wildman–Crippen LogP) is 2.25. The van der Waals surface area contributed by atoms with E-state index in [0.717, 1.165) is 13.0 Å². The molecule has 2 rings (SSSR count). The van der Waals surface area contributed by atoms with E-state index in [-0.39, 0.29) is 6.61 Å². The van der Waals surface area contributed by atoms with Gasteiger partial charge in [0.05, 0.1) is 6.54 Å². The second kappa shape index (κ2) is 7.90. The Hall–Kier alpha value is -1.72. The minimum atomic E-state index is 0.201. The molecule has 0 amide bonds. The Bertz CT molecular complexity index is 525. The first kappa shape index (κ1) is 15.7. The summed E-state index contributed by atoms with van der Waals surface area (Å²) < 4.78 is 5.33. The summed E-state index contributed by atoms with van der Waals surface area (Å²) in [4.78, 5) is 6.67. The minimum absolute atomic E-state index is 0.201. The summed E-state index contributed by atoms with van der Waals surface area (Å²) in [5.74, 6) is 1.34. The van der Waals surface area contributed by atoms with E-state index in [4.69, 9.17) is 9.63 Å². The minimum Gasteiger partial charge on any atom is -0.396 e. The second-order valence-electron chi connectivity index (χ2n) is 5.41. The number of aliphatic hydroxyl groups is 1. The molecule has 1 N–H and O–H groups in total. The van der Waals surface area contributed by atoms with Crippen molar-refractivity contribution in [1.29, 1.82) is 0 Å². The normalized spacial score (nSPS) is 11.5. The van der Waals surface area contributed by atoms with Crippen LogP contribution >= 0.6 is 0 Å². The molecule has 1 aromatic carbocycles. The van der Waals surface area contributed by atoms with E-state index >= 15 is 0 Å². The third-order valence-electron chi connectivity index (χ3n) is 3.39. The number of aromatic nitrogens is 2. The lowest BCUT2D eigenvalue weighted by Gasteiger charge is -2.24. The van der Waals surface area contributed by atoms with Crippen LogP contribution in [0.3, 0.4) is 0 Å². The van der Waals surface area contributed by atoms with Crippen LogP contribution in [0.5, 0.6) is 0 Å². The van der Waals surface area contributed by atoms with Gasteiger partial charge in [0.2, 0.25) is 5.89 Å². The molecule has 1 heterocycles. The molecule has 0 bridgehead atoms. The molecule has 5 heteroatoms. The summed E-state index contributed by atoms with van der Waals surface area (Å²) in [5.41, 5.74) is 1.17. The fraction of sp³-hybridized carbons (Fsp3) is 0.500. The zero-order valence-corrected chi connectivity index (χ0v) is 12.7. The van der Waals surface area contributed by atoms with Crippen LogP contribution in [0, 0.1) is 0 Å². The summed E-state index contributed by atoms with van der Waals surface area (Å²) in [6.07, 6.45) is 1.44. The number of nitrogens with zero attached hydrogens (tertiary/aromatic N) is 3. The van der Waals surface area contributed by atoms with Gasteiger partial charge >= 0.3 is 0 Å². The van der Waals surface area contributed by atoms with Gasteiger partial charge in [-0.2, -0.15) is 4.98 Å². The molecule has 0 fully saturated rings. The third kappa shape index (κ3) is 4.95. The molecule has 5 nitrogen and oxygen atoms in total. The highest BCUT2D eigenvalue weighted by molar-refractivity contribution is 5.18. The maximum atomic E-state index is 8.95. The van der Waals surface area contributed by atoms with Crippen LogP contribution in [0.15, 0.2) is 34.9 Å². The van der Waals surface area contributed by atoms with E-state index in [2.05, 4.69) is 41.0 Å². The molecule has 0 saturated carbocycles. The maximum Gasteiger partial charge on any atom is 0.240 e. The molecule has 1 aromatic heterocycles. The Labute approximate surface area is 125 Å². The molecule has 0 radical (unpaired) electrons. The van der Waals surface area contributed by atoms with Crippen LogP contribution in [-0.2, 0) is 13.0 Å². The zero-order valence-electron chi connectivity index (χ0n) is 12.7. The molecule has 0 saturated heterocycles. The first-order valence-corrected chi connectivity index (χ1v) is 7.39. The fourth-order valence-electron chi connectivity index (χ4n) is 2.17. The van der Waals surface area contributed by atoms with E-state index in [1.807, 2.05) is 18.2 Å². The van der Waals surface area contributed by atoms with E-state index in [1.54, 1.807) is 0 Å². The van der Waals surface area contributed by atoms with Crippen molar-refractivity contribution in [1.82, 2.24) is 15.0 Å². The fourth-order valence-corrected chi connectivity index (χ4v) is 2.17. The lowest BCUT2D eigenvalue weighted by molar-refractivity contribution is 0.165. The van der Waals surface area contributed by atoms with Gasteiger partial charge in [0.25, 0.3) is 0 Å². The van der Waals surface area contributed by atoms with E-state index in [9.17, 15) is 0 Å². The van der Waals surface area contributed by atoms with Gasteiger partial charge in [-0.25, -0.2) is 0 Å². The quantitative estimate of drug-likeness (QED) is 0.807. The standard InChI is InChI=1S/C16H23N3O2/c1-13(2)19(9-6-10-20)12-16-17-15(18-21-16)11-14-7-4-3-5-8-14/h3-5,7-8,13,20H,6,9-12H2,1-2H3. The Morgan fingerprint density at radius 3 is 2.67 bits per heavy atom. The van der Waals surface area contributed by atoms with Crippen molar-refractivity contribution < 1.29 is 9.63 Å². The van der Waals surface area contributed by atoms with Gasteiger partial charge in [0.15, 0.2) is 5.82 Å². The van der Waals surface area contributed by atoms with Crippen LogP contribution in [0.1, 0.15) is 37.5 Å². The second-order valence-corrected chi connectivity index (χ2v) is 5.41. The number of rotatable bonds is 8. The lowest BCUT2D eigenvalue weighted by atomic mass is 10.1. The molecule has 0 aliphatic rings. The molecule has 21 heavy (non-hydrogen) atoms. The summed E-state index contributed by atoms with van der Waals surface area (Å²) in [5, 5.41) is 13.0. The van der Waals surface area contributed by atoms with Crippen molar-refractivity contribution in [3.8, 4) is 0 Å². The first-order valence-electron chi connectivity index (χ1n) is 7.39. The Morgan fingerprint density at radius 1 is 1.24 bits per heavy atom.